The molecule has 2 aromatic carbocycles. The Morgan fingerprint density at radius 1 is 1.00 bits per heavy atom. The molecule has 0 spiro atoms. The molecule has 0 aliphatic rings. The molecule has 2 rings (SSSR count). The van der Waals surface area contributed by atoms with Gasteiger partial charge in [-0.2, -0.15) is 0 Å². The van der Waals surface area contributed by atoms with Gasteiger partial charge < -0.3 is 20.7 Å². The second-order valence-electron chi connectivity index (χ2n) is 7.54. The van der Waals surface area contributed by atoms with Crippen LogP contribution in [0.3, 0.4) is 0 Å². The quantitative estimate of drug-likeness (QED) is 0.315. The fourth-order valence-electron chi connectivity index (χ4n) is 2.61. The van der Waals surface area contributed by atoms with Gasteiger partial charge >= 0.3 is 0 Å². The average Bonchev–Trinajstić information content (AvgIpc) is 2.67. The number of amides is 1. The molecule has 0 radical (unpaired) electrons. The number of carbonyl (C=O) groups is 1. The fourth-order valence-corrected chi connectivity index (χ4v) is 2.61. The zero-order valence-corrected chi connectivity index (χ0v) is 20.0. The van der Waals surface area contributed by atoms with Crippen molar-refractivity contribution in [3.63, 3.8) is 0 Å². The summed E-state index contributed by atoms with van der Waals surface area (Å²) < 4.78 is 5.25. The third-order valence-corrected chi connectivity index (χ3v) is 3.96. The van der Waals surface area contributed by atoms with Crippen molar-refractivity contribution in [3.8, 4) is 5.75 Å². The number of carbonyl (C=O) groups excluding carboxylic acids is 1. The number of hydrogen-bond acceptors (Lipinski definition) is 3. The van der Waals surface area contributed by atoms with Crippen molar-refractivity contribution in [3.05, 3.63) is 65.2 Å². The van der Waals surface area contributed by atoms with E-state index in [1.807, 2.05) is 69.3 Å². The molecule has 29 heavy (non-hydrogen) atoms. The molecule has 3 N–H and O–H groups in total. The zero-order valence-electron chi connectivity index (χ0n) is 17.7. The summed E-state index contributed by atoms with van der Waals surface area (Å²) in [6.07, 6.45) is 0. The van der Waals surface area contributed by atoms with Crippen LogP contribution in [0.5, 0.6) is 5.75 Å². The van der Waals surface area contributed by atoms with Crippen molar-refractivity contribution in [1.82, 2.24) is 16.0 Å². The normalized spacial score (nSPS) is 11.3. The minimum atomic E-state index is -0.266. The fraction of sp³-hybridized carbons (Fsp3) is 0.364. The highest BCUT2D eigenvalue weighted by atomic mass is 127. The van der Waals surface area contributed by atoms with Gasteiger partial charge in [-0.3, -0.25) is 9.79 Å². The van der Waals surface area contributed by atoms with Gasteiger partial charge in [0.05, 0.1) is 7.11 Å². The van der Waals surface area contributed by atoms with Crippen LogP contribution < -0.4 is 20.7 Å². The second kappa shape index (κ2) is 11.6. The number of ether oxygens (including phenoxy) is 1. The molecule has 0 fully saturated rings. The Labute approximate surface area is 190 Å². The topological polar surface area (TPSA) is 74.8 Å². The van der Waals surface area contributed by atoms with Crippen LogP contribution in [-0.4, -0.2) is 31.6 Å². The maximum absolute atomic E-state index is 12.3. The molecule has 0 aliphatic heterocycles. The maximum atomic E-state index is 12.3. The average molecular weight is 510 g/mol. The number of halogens is 1. The molecule has 0 bridgehead atoms. The molecular formula is C22H31IN4O2. The standard InChI is InChI=1S/C22H30N4O2.HI/c1-22(2,3)26-20(27)18-10-6-8-16(12-18)14-24-21(23-4)25-15-17-9-7-11-19(13-17)28-5;/h6-13H,14-15H2,1-5H3,(H,26,27)(H2,23,24,25);1H. The number of aliphatic imine (C=N–C) groups is 1. The van der Waals surface area contributed by atoms with Gasteiger partial charge in [0.15, 0.2) is 5.96 Å². The van der Waals surface area contributed by atoms with E-state index in [-0.39, 0.29) is 35.4 Å². The highest BCUT2D eigenvalue weighted by molar-refractivity contribution is 14.0. The zero-order chi connectivity index (χ0) is 20.6. The largest absolute Gasteiger partial charge is 0.497 e. The molecule has 158 valence electrons. The molecule has 2 aromatic rings. The summed E-state index contributed by atoms with van der Waals surface area (Å²) in [6, 6.07) is 15.5. The Morgan fingerprint density at radius 2 is 1.59 bits per heavy atom. The lowest BCUT2D eigenvalue weighted by Gasteiger charge is -2.20. The second-order valence-corrected chi connectivity index (χ2v) is 7.54. The van der Waals surface area contributed by atoms with Crippen LogP contribution in [0.25, 0.3) is 0 Å². The van der Waals surface area contributed by atoms with Crippen LogP contribution in [0.4, 0.5) is 0 Å². The molecule has 0 heterocycles. The molecular weight excluding hydrogens is 479 g/mol. The van der Waals surface area contributed by atoms with Crippen LogP contribution in [0.15, 0.2) is 53.5 Å². The van der Waals surface area contributed by atoms with E-state index in [2.05, 4.69) is 20.9 Å². The van der Waals surface area contributed by atoms with Crippen molar-refractivity contribution in [2.24, 2.45) is 4.99 Å². The molecule has 0 atom stereocenters. The monoisotopic (exact) mass is 510 g/mol. The number of rotatable bonds is 6. The lowest BCUT2D eigenvalue weighted by Crippen LogP contribution is -2.40. The Morgan fingerprint density at radius 3 is 2.14 bits per heavy atom. The summed E-state index contributed by atoms with van der Waals surface area (Å²) in [7, 11) is 3.39. The highest BCUT2D eigenvalue weighted by Gasteiger charge is 2.15. The number of guanidine groups is 1. The highest BCUT2D eigenvalue weighted by Crippen LogP contribution is 2.12. The van der Waals surface area contributed by atoms with Gasteiger partial charge in [0.1, 0.15) is 5.75 Å². The van der Waals surface area contributed by atoms with E-state index < -0.39 is 0 Å². The Kier molecular flexibility index (Phi) is 9.94. The van der Waals surface area contributed by atoms with E-state index in [0.717, 1.165) is 16.9 Å². The number of hydrogen-bond donors (Lipinski definition) is 3. The van der Waals surface area contributed by atoms with Gasteiger partial charge in [0.25, 0.3) is 5.91 Å². The Bertz CT molecular complexity index is 832. The summed E-state index contributed by atoms with van der Waals surface area (Å²) >= 11 is 0. The molecule has 0 saturated heterocycles. The van der Waals surface area contributed by atoms with Crippen LogP contribution in [0, 0.1) is 0 Å². The summed E-state index contributed by atoms with van der Waals surface area (Å²) in [5.74, 6) is 1.44. The Hall–Kier alpha value is -2.29. The van der Waals surface area contributed by atoms with Crippen molar-refractivity contribution in [1.29, 1.82) is 0 Å². The van der Waals surface area contributed by atoms with E-state index in [4.69, 9.17) is 4.74 Å². The molecule has 0 aliphatic carbocycles. The maximum Gasteiger partial charge on any atom is 0.251 e. The van der Waals surface area contributed by atoms with Crippen LogP contribution >= 0.6 is 24.0 Å². The lowest BCUT2D eigenvalue weighted by atomic mass is 10.1. The molecule has 1 amide bonds. The van der Waals surface area contributed by atoms with E-state index in [1.165, 1.54) is 0 Å². The van der Waals surface area contributed by atoms with E-state index in [9.17, 15) is 4.79 Å². The molecule has 0 unspecified atom stereocenters. The lowest BCUT2D eigenvalue weighted by molar-refractivity contribution is 0.0919. The summed E-state index contributed by atoms with van der Waals surface area (Å²) in [4.78, 5) is 16.6. The Balaban J connectivity index is 0.00000420. The summed E-state index contributed by atoms with van der Waals surface area (Å²) in [6.45, 7) is 7.09. The van der Waals surface area contributed by atoms with Gasteiger partial charge in [-0.1, -0.05) is 24.3 Å². The van der Waals surface area contributed by atoms with E-state index in [0.29, 0.717) is 24.6 Å². The van der Waals surface area contributed by atoms with E-state index >= 15 is 0 Å². The first kappa shape index (κ1) is 24.7. The van der Waals surface area contributed by atoms with E-state index in [1.54, 1.807) is 14.2 Å². The van der Waals surface area contributed by atoms with Crippen molar-refractivity contribution in [2.45, 2.75) is 39.4 Å². The van der Waals surface area contributed by atoms with Gasteiger partial charge in [-0.15, -0.1) is 24.0 Å². The van der Waals surface area contributed by atoms with Gasteiger partial charge in [0, 0.05) is 31.2 Å². The first-order valence-electron chi connectivity index (χ1n) is 9.29. The van der Waals surface area contributed by atoms with Gasteiger partial charge in [-0.05, 0) is 56.2 Å². The van der Waals surface area contributed by atoms with Crippen molar-refractivity contribution >= 4 is 35.8 Å². The number of benzene rings is 2. The predicted octanol–water partition coefficient (Wildman–Crippen LogP) is 3.71. The van der Waals surface area contributed by atoms with Crippen molar-refractivity contribution in [2.75, 3.05) is 14.2 Å². The van der Waals surface area contributed by atoms with Crippen LogP contribution in [0.2, 0.25) is 0 Å². The smallest absolute Gasteiger partial charge is 0.251 e. The predicted molar refractivity (Wildman–Crippen MR) is 129 cm³/mol. The van der Waals surface area contributed by atoms with Crippen LogP contribution in [-0.2, 0) is 13.1 Å². The summed E-state index contributed by atoms with van der Waals surface area (Å²) in [5, 5.41) is 9.54. The SMILES string of the molecule is CN=C(NCc1cccc(OC)c1)NCc1cccc(C(=O)NC(C)(C)C)c1.I. The summed E-state index contributed by atoms with van der Waals surface area (Å²) in [5.41, 5.74) is 2.49. The molecule has 0 aromatic heterocycles. The number of nitrogens with one attached hydrogen (secondary N) is 3. The van der Waals surface area contributed by atoms with Crippen LogP contribution in [0.1, 0.15) is 42.3 Å². The first-order chi connectivity index (χ1) is 13.3. The number of nitrogens with zero attached hydrogens (tertiary/aromatic N) is 1. The minimum Gasteiger partial charge on any atom is -0.497 e. The third kappa shape index (κ3) is 8.72. The third-order valence-electron chi connectivity index (χ3n) is 3.96. The van der Waals surface area contributed by atoms with Crippen molar-refractivity contribution < 1.29 is 9.53 Å². The van der Waals surface area contributed by atoms with Gasteiger partial charge in [0.2, 0.25) is 0 Å². The minimum absolute atomic E-state index is 0. The molecule has 7 heteroatoms. The molecule has 6 nitrogen and oxygen atoms in total. The first-order valence-corrected chi connectivity index (χ1v) is 9.29. The molecule has 0 saturated carbocycles. The number of methoxy groups -OCH3 is 1. The van der Waals surface area contributed by atoms with Gasteiger partial charge in [-0.25, -0.2) is 0 Å².